The minimum Gasteiger partial charge on any atom is -0.494 e. The van der Waals surface area contributed by atoms with E-state index in [1.165, 1.54) is 17.7 Å². The molecule has 3 rings (SSSR count). The van der Waals surface area contributed by atoms with Crippen LogP contribution in [-0.4, -0.2) is 11.6 Å². The van der Waals surface area contributed by atoms with Gasteiger partial charge in [0.25, 0.3) is 0 Å². The van der Waals surface area contributed by atoms with Crippen LogP contribution in [0.2, 0.25) is 0 Å². The SMILES string of the molecule is CCOc1ccc(C(C)(C)C/C=C/c2cccc(Oc3ccc(F)cc3)n2)cc1. The number of ether oxygens (including phenoxy) is 2. The van der Waals surface area contributed by atoms with Crippen LogP contribution in [0, 0.1) is 5.82 Å². The Balaban J connectivity index is 1.64. The molecule has 1 heterocycles. The topological polar surface area (TPSA) is 31.4 Å². The Bertz CT molecular complexity index is 947. The summed E-state index contributed by atoms with van der Waals surface area (Å²) in [6, 6.07) is 19.8. The van der Waals surface area contributed by atoms with Gasteiger partial charge in [-0.15, -0.1) is 0 Å². The second-order valence-corrected chi connectivity index (χ2v) is 7.40. The Morgan fingerprint density at radius 1 is 0.931 bits per heavy atom. The van der Waals surface area contributed by atoms with Gasteiger partial charge in [0.15, 0.2) is 0 Å². The fourth-order valence-electron chi connectivity index (χ4n) is 2.97. The summed E-state index contributed by atoms with van der Waals surface area (Å²) in [6.45, 7) is 7.09. The van der Waals surface area contributed by atoms with Crippen LogP contribution in [0.1, 0.15) is 38.4 Å². The first-order valence-corrected chi connectivity index (χ1v) is 9.76. The van der Waals surface area contributed by atoms with Gasteiger partial charge >= 0.3 is 0 Å². The quantitative estimate of drug-likeness (QED) is 0.423. The van der Waals surface area contributed by atoms with Crippen molar-refractivity contribution in [2.75, 3.05) is 6.61 Å². The summed E-state index contributed by atoms with van der Waals surface area (Å²) in [6.07, 6.45) is 4.99. The average molecular weight is 391 g/mol. The summed E-state index contributed by atoms with van der Waals surface area (Å²) < 4.78 is 24.2. The van der Waals surface area contributed by atoms with Crippen molar-refractivity contribution in [3.63, 3.8) is 0 Å². The molecule has 3 aromatic rings. The molecule has 0 unspecified atom stereocenters. The average Bonchev–Trinajstić information content (AvgIpc) is 2.71. The van der Waals surface area contributed by atoms with E-state index in [0.717, 1.165) is 17.9 Å². The third-order valence-electron chi connectivity index (χ3n) is 4.64. The molecule has 0 bridgehead atoms. The van der Waals surface area contributed by atoms with E-state index in [9.17, 15) is 4.39 Å². The van der Waals surface area contributed by atoms with Gasteiger partial charge in [0.2, 0.25) is 5.88 Å². The first-order chi connectivity index (χ1) is 14.0. The minimum atomic E-state index is -0.294. The largest absolute Gasteiger partial charge is 0.494 e. The smallest absolute Gasteiger partial charge is 0.219 e. The molecular weight excluding hydrogens is 365 g/mol. The normalized spacial score (nSPS) is 11.6. The van der Waals surface area contributed by atoms with Gasteiger partial charge in [-0.05, 0) is 72.9 Å². The van der Waals surface area contributed by atoms with Gasteiger partial charge in [-0.2, -0.15) is 0 Å². The highest BCUT2D eigenvalue weighted by atomic mass is 19.1. The Kier molecular flexibility index (Phi) is 6.65. The molecule has 0 saturated carbocycles. The van der Waals surface area contributed by atoms with Gasteiger partial charge in [-0.3, -0.25) is 0 Å². The predicted octanol–water partition coefficient (Wildman–Crippen LogP) is 6.79. The van der Waals surface area contributed by atoms with E-state index in [2.05, 4.69) is 37.0 Å². The fraction of sp³-hybridized carbons (Fsp3) is 0.240. The zero-order valence-electron chi connectivity index (χ0n) is 17.1. The van der Waals surface area contributed by atoms with Crippen LogP contribution in [0.5, 0.6) is 17.4 Å². The number of halogens is 1. The summed E-state index contributed by atoms with van der Waals surface area (Å²) in [4.78, 5) is 4.50. The molecule has 0 aliphatic carbocycles. The first kappa shape index (κ1) is 20.6. The second kappa shape index (κ2) is 9.37. The molecule has 0 atom stereocenters. The van der Waals surface area contributed by atoms with Gasteiger partial charge in [0.05, 0.1) is 12.3 Å². The monoisotopic (exact) mass is 391 g/mol. The van der Waals surface area contributed by atoms with E-state index in [4.69, 9.17) is 9.47 Å². The summed E-state index contributed by atoms with van der Waals surface area (Å²) >= 11 is 0. The van der Waals surface area contributed by atoms with Crippen molar-refractivity contribution in [1.29, 1.82) is 0 Å². The molecular formula is C25H26FNO2. The molecule has 1 aromatic heterocycles. The predicted molar refractivity (Wildman–Crippen MR) is 115 cm³/mol. The minimum absolute atomic E-state index is 0.0104. The summed E-state index contributed by atoms with van der Waals surface area (Å²) in [5.74, 6) is 1.63. The molecule has 0 fully saturated rings. The van der Waals surface area contributed by atoms with Crippen molar-refractivity contribution in [2.24, 2.45) is 0 Å². The Hall–Kier alpha value is -3.14. The Labute approximate surface area is 171 Å². The molecule has 0 aliphatic rings. The van der Waals surface area contributed by atoms with Crippen molar-refractivity contribution in [3.05, 3.63) is 89.9 Å². The second-order valence-electron chi connectivity index (χ2n) is 7.40. The lowest BCUT2D eigenvalue weighted by atomic mass is 9.81. The lowest BCUT2D eigenvalue weighted by Gasteiger charge is -2.24. The number of hydrogen-bond donors (Lipinski definition) is 0. The van der Waals surface area contributed by atoms with Crippen LogP contribution in [0.4, 0.5) is 4.39 Å². The van der Waals surface area contributed by atoms with Crippen molar-refractivity contribution in [1.82, 2.24) is 4.98 Å². The highest BCUT2D eigenvalue weighted by Gasteiger charge is 2.18. The van der Waals surface area contributed by atoms with E-state index in [1.807, 2.05) is 37.3 Å². The number of pyridine rings is 1. The first-order valence-electron chi connectivity index (χ1n) is 9.76. The van der Waals surface area contributed by atoms with Crippen LogP contribution in [0.15, 0.2) is 72.8 Å². The maximum absolute atomic E-state index is 13.0. The number of nitrogens with zero attached hydrogens (tertiary/aromatic N) is 1. The molecule has 0 spiro atoms. The molecule has 0 radical (unpaired) electrons. The maximum atomic E-state index is 13.0. The number of rotatable bonds is 8. The fourth-order valence-corrected chi connectivity index (χ4v) is 2.97. The van der Waals surface area contributed by atoms with E-state index in [1.54, 1.807) is 18.2 Å². The number of benzene rings is 2. The summed E-state index contributed by atoms with van der Waals surface area (Å²) in [5, 5.41) is 0. The van der Waals surface area contributed by atoms with Gasteiger partial charge in [0.1, 0.15) is 17.3 Å². The molecule has 0 amide bonds. The molecule has 0 aliphatic heterocycles. The van der Waals surface area contributed by atoms with E-state index < -0.39 is 0 Å². The lowest BCUT2D eigenvalue weighted by Crippen LogP contribution is -2.15. The van der Waals surface area contributed by atoms with E-state index >= 15 is 0 Å². The standard InChI is InChI=1S/C25H26FNO2/c1-4-28-22-14-10-19(11-15-22)25(2,3)18-6-8-21-7-5-9-24(27-21)29-23-16-12-20(26)13-17-23/h5-17H,4,18H2,1-3H3/b8-6+. The molecule has 150 valence electrons. The van der Waals surface area contributed by atoms with Crippen molar-refractivity contribution in [3.8, 4) is 17.4 Å². The molecule has 0 N–H and O–H groups in total. The maximum Gasteiger partial charge on any atom is 0.219 e. The van der Waals surface area contributed by atoms with Gasteiger partial charge in [-0.25, -0.2) is 9.37 Å². The van der Waals surface area contributed by atoms with Gasteiger partial charge in [0, 0.05) is 6.07 Å². The number of aromatic nitrogens is 1. The van der Waals surface area contributed by atoms with Crippen LogP contribution in [0.25, 0.3) is 6.08 Å². The number of allylic oxidation sites excluding steroid dienone is 1. The molecule has 3 nitrogen and oxygen atoms in total. The molecule has 4 heteroatoms. The Morgan fingerprint density at radius 3 is 2.31 bits per heavy atom. The molecule has 0 saturated heterocycles. The molecule has 2 aromatic carbocycles. The third kappa shape index (κ3) is 5.92. The van der Waals surface area contributed by atoms with Crippen molar-refractivity contribution in [2.45, 2.75) is 32.6 Å². The highest BCUT2D eigenvalue weighted by molar-refractivity contribution is 5.46. The summed E-state index contributed by atoms with van der Waals surface area (Å²) in [7, 11) is 0. The van der Waals surface area contributed by atoms with Crippen molar-refractivity contribution >= 4 is 6.08 Å². The summed E-state index contributed by atoms with van der Waals surface area (Å²) in [5.41, 5.74) is 2.06. The highest BCUT2D eigenvalue weighted by Crippen LogP contribution is 2.29. The van der Waals surface area contributed by atoms with Crippen LogP contribution < -0.4 is 9.47 Å². The van der Waals surface area contributed by atoms with E-state index in [-0.39, 0.29) is 11.2 Å². The lowest BCUT2D eigenvalue weighted by molar-refractivity contribution is 0.340. The number of hydrogen-bond acceptors (Lipinski definition) is 3. The van der Waals surface area contributed by atoms with Gasteiger partial charge < -0.3 is 9.47 Å². The van der Waals surface area contributed by atoms with Gasteiger partial charge in [-0.1, -0.05) is 38.1 Å². The Morgan fingerprint density at radius 2 is 1.62 bits per heavy atom. The zero-order valence-corrected chi connectivity index (χ0v) is 17.1. The third-order valence-corrected chi connectivity index (χ3v) is 4.64. The zero-order chi connectivity index (χ0) is 20.7. The van der Waals surface area contributed by atoms with Crippen LogP contribution >= 0.6 is 0 Å². The van der Waals surface area contributed by atoms with Crippen LogP contribution in [-0.2, 0) is 5.41 Å². The van der Waals surface area contributed by atoms with Crippen molar-refractivity contribution < 1.29 is 13.9 Å². The van der Waals surface area contributed by atoms with Crippen LogP contribution in [0.3, 0.4) is 0 Å². The molecule has 29 heavy (non-hydrogen) atoms. The van der Waals surface area contributed by atoms with E-state index in [0.29, 0.717) is 18.2 Å².